The third-order valence-corrected chi connectivity index (χ3v) is 4.79. The van der Waals surface area contributed by atoms with Crippen molar-refractivity contribution in [1.29, 1.82) is 0 Å². The molecule has 1 aromatic carbocycles. The molecule has 1 fully saturated rings. The first kappa shape index (κ1) is 13.4. The van der Waals surface area contributed by atoms with Crippen LogP contribution in [0.2, 0.25) is 0 Å². The van der Waals surface area contributed by atoms with Gasteiger partial charge in [0.1, 0.15) is 5.75 Å². The molecule has 0 aliphatic heterocycles. The molecule has 1 unspecified atom stereocenters. The van der Waals surface area contributed by atoms with Crippen LogP contribution in [0.4, 0.5) is 0 Å². The molecule has 0 aromatic heterocycles. The summed E-state index contributed by atoms with van der Waals surface area (Å²) in [7, 11) is 1.69. The molecule has 0 heterocycles. The lowest BCUT2D eigenvalue weighted by Crippen LogP contribution is -2.37. The molecule has 0 radical (unpaired) electrons. The molecule has 1 atom stereocenters. The van der Waals surface area contributed by atoms with E-state index in [2.05, 4.69) is 33.8 Å². The minimum atomic E-state index is -0.767. The van der Waals surface area contributed by atoms with Crippen LogP contribution in [0, 0.1) is 19.3 Å². The average Bonchev–Trinajstić information content (AvgIpc) is 2.58. The van der Waals surface area contributed by atoms with Crippen LogP contribution in [0.25, 0.3) is 0 Å². The maximum absolute atomic E-state index is 11.1. The van der Waals surface area contributed by atoms with Crippen LogP contribution in [-0.4, -0.2) is 12.2 Å². The third-order valence-electron chi connectivity index (χ3n) is 4.79. The van der Waals surface area contributed by atoms with E-state index >= 15 is 0 Å². The summed E-state index contributed by atoms with van der Waals surface area (Å²) >= 11 is 0. The Balaban J connectivity index is 2.61. The van der Waals surface area contributed by atoms with Gasteiger partial charge in [-0.25, -0.2) is 0 Å². The van der Waals surface area contributed by atoms with Crippen LogP contribution >= 0.6 is 0 Å². The van der Waals surface area contributed by atoms with Gasteiger partial charge in [-0.05, 0) is 49.7 Å². The molecule has 0 saturated heterocycles. The van der Waals surface area contributed by atoms with E-state index in [1.807, 2.05) is 6.07 Å². The molecule has 2 nitrogen and oxygen atoms in total. The molecule has 1 aliphatic rings. The van der Waals surface area contributed by atoms with Crippen LogP contribution in [0.5, 0.6) is 5.75 Å². The van der Waals surface area contributed by atoms with E-state index in [0.29, 0.717) is 0 Å². The Morgan fingerprint density at radius 1 is 1.17 bits per heavy atom. The molecule has 1 saturated carbocycles. The lowest BCUT2D eigenvalue weighted by Gasteiger charge is -2.38. The smallest absolute Gasteiger partial charge is 0.128 e. The maximum Gasteiger partial charge on any atom is 0.128 e. The zero-order valence-electron chi connectivity index (χ0n) is 12.1. The third kappa shape index (κ3) is 1.74. The fourth-order valence-electron chi connectivity index (χ4n) is 3.21. The number of aryl methyl sites for hydroxylation is 1. The number of rotatable bonds is 2. The number of benzene rings is 1. The molecular formula is C16H24O2. The lowest BCUT2D eigenvalue weighted by molar-refractivity contribution is -0.0501. The van der Waals surface area contributed by atoms with E-state index in [-0.39, 0.29) is 5.41 Å². The van der Waals surface area contributed by atoms with E-state index in [0.717, 1.165) is 36.1 Å². The molecule has 18 heavy (non-hydrogen) atoms. The second-order valence-electron chi connectivity index (χ2n) is 6.19. The fourth-order valence-corrected chi connectivity index (χ4v) is 3.21. The van der Waals surface area contributed by atoms with Gasteiger partial charge < -0.3 is 9.84 Å². The van der Waals surface area contributed by atoms with E-state index in [9.17, 15) is 5.11 Å². The number of hydrogen-bond acceptors (Lipinski definition) is 2. The van der Waals surface area contributed by atoms with Crippen molar-refractivity contribution in [2.24, 2.45) is 5.41 Å². The topological polar surface area (TPSA) is 29.5 Å². The molecule has 0 bridgehead atoms. The quantitative estimate of drug-likeness (QED) is 0.864. The Hall–Kier alpha value is -1.02. The second kappa shape index (κ2) is 4.27. The van der Waals surface area contributed by atoms with Crippen LogP contribution in [-0.2, 0) is 5.60 Å². The summed E-state index contributed by atoms with van der Waals surface area (Å²) in [5.41, 5.74) is 2.43. The van der Waals surface area contributed by atoms with Crippen LogP contribution in [0.1, 0.15) is 49.8 Å². The lowest BCUT2D eigenvalue weighted by atomic mass is 9.72. The number of methoxy groups -OCH3 is 1. The first-order chi connectivity index (χ1) is 8.33. The van der Waals surface area contributed by atoms with Gasteiger partial charge in [0.05, 0.1) is 12.7 Å². The molecule has 1 N–H and O–H groups in total. The summed E-state index contributed by atoms with van der Waals surface area (Å²) in [4.78, 5) is 0. The molecule has 1 aromatic rings. The normalized spacial score (nSPS) is 26.3. The predicted molar refractivity (Wildman–Crippen MR) is 74.0 cm³/mol. The Morgan fingerprint density at radius 2 is 1.83 bits per heavy atom. The summed E-state index contributed by atoms with van der Waals surface area (Å²) in [6.07, 6.45) is 2.94. The van der Waals surface area contributed by atoms with Crippen molar-refractivity contribution in [2.45, 2.75) is 52.6 Å². The Kier molecular flexibility index (Phi) is 3.18. The van der Waals surface area contributed by atoms with Gasteiger partial charge >= 0.3 is 0 Å². The molecule has 100 valence electrons. The standard InChI is InChI=1S/C16H24O2/c1-11-7-8-13(14(18-5)12(11)2)16(17)10-6-9-15(16,3)4/h7-8,17H,6,9-10H2,1-5H3. The summed E-state index contributed by atoms with van der Waals surface area (Å²) in [5.74, 6) is 0.854. The highest BCUT2D eigenvalue weighted by atomic mass is 16.5. The van der Waals surface area contributed by atoms with Gasteiger partial charge in [-0.15, -0.1) is 0 Å². The molecule has 0 amide bonds. The summed E-state index contributed by atoms with van der Waals surface area (Å²) in [6, 6.07) is 4.12. The Labute approximate surface area is 110 Å². The van der Waals surface area contributed by atoms with E-state index in [4.69, 9.17) is 4.74 Å². The van der Waals surface area contributed by atoms with Gasteiger partial charge in [-0.3, -0.25) is 0 Å². The summed E-state index contributed by atoms with van der Waals surface area (Å²) < 4.78 is 5.57. The monoisotopic (exact) mass is 248 g/mol. The highest BCUT2D eigenvalue weighted by molar-refractivity contribution is 5.49. The van der Waals surface area contributed by atoms with Crippen molar-refractivity contribution in [2.75, 3.05) is 7.11 Å². The molecular weight excluding hydrogens is 224 g/mol. The van der Waals surface area contributed by atoms with Crippen molar-refractivity contribution in [3.63, 3.8) is 0 Å². The minimum Gasteiger partial charge on any atom is -0.496 e. The predicted octanol–water partition coefficient (Wildman–Crippen LogP) is 3.71. The van der Waals surface area contributed by atoms with Gasteiger partial charge in [0.25, 0.3) is 0 Å². The van der Waals surface area contributed by atoms with Crippen LogP contribution < -0.4 is 4.74 Å². The molecule has 1 aliphatic carbocycles. The van der Waals surface area contributed by atoms with E-state index in [1.54, 1.807) is 7.11 Å². The first-order valence-corrected chi connectivity index (χ1v) is 6.70. The maximum atomic E-state index is 11.1. The second-order valence-corrected chi connectivity index (χ2v) is 6.19. The van der Waals surface area contributed by atoms with Crippen LogP contribution in [0.15, 0.2) is 12.1 Å². The van der Waals surface area contributed by atoms with Crippen LogP contribution in [0.3, 0.4) is 0 Å². The number of aliphatic hydroxyl groups is 1. The minimum absolute atomic E-state index is 0.0953. The van der Waals surface area contributed by atoms with Gasteiger partial charge in [-0.2, -0.15) is 0 Å². The van der Waals surface area contributed by atoms with Gasteiger partial charge in [0, 0.05) is 5.56 Å². The van der Waals surface area contributed by atoms with Gasteiger partial charge in [-0.1, -0.05) is 26.0 Å². The van der Waals surface area contributed by atoms with Crippen molar-refractivity contribution in [3.8, 4) is 5.75 Å². The Bertz CT molecular complexity index is 462. The average molecular weight is 248 g/mol. The SMILES string of the molecule is COc1c(C2(O)CCCC2(C)C)ccc(C)c1C. The highest BCUT2D eigenvalue weighted by Crippen LogP contribution is 2.54. The van der Waals surface area contributed by atoms with Gasteiger partial charge in [0.2, 0.25) is 0 Å². The van der Waals surface area contributed by atoms with Crippen molar-refractivity contribution >= 4 is 0 Å². The fraction of sp³-hybridized carbons (Fsp3) is 0.625. The van der Waals surface area contributed by atoms with E-state index < -0.39 is 5.60 Å². The van der Waals surface area contributed by atoms with Crippen molar-refractivity contribution in [1.82, 2.24) is 0 Å². The number of hydrogen-bond donors (Lipinski definition) is 1. The zero-order valence-corrected chi connectivity index (χ0v) is 12.1. The summed E-state index contributed by atoms with van der Waals surface area (Å²) in [6.45, 7) is 8.43. The zero-order chi connectivity index (χ0) is 13.6. The summed E-state index contributed by atoms with van der Waals surface area (Å²) in [5, 5.41) is 11.1. The molecule has 2 heteroatoms. The van der Waals surface area contributed by atoms with Crippen molar-refractivity contribution < 1.29 is 9.84 Å². The first-order valence-electron chi connectivity index (χ1n) is 6.70. The molecule has 0 spiro atoms. The number of ether oxygens (including phenoxy) is 1. The largest absolute Gasteiger partial charge is 0.496 e. The van der Waals surface area contributed by atoms with E-state index in [1.165, 1.54) is 5.56 Å². The highest BCUT2D eigenvalue weighted by Gasteiger charge is 2.50. The Morgan fingerprint density at radius 3 is 2.33 bits per heavy atom. The molecule has 2 rings (SSSR count). The van der Waals surface area contributed by atoms with Crippen molar-refractivity contribution in [3.05, 3.63) is 28.8 Å². The van der Waals surface area contributed by atoms with Gasteiger partial charge in [0.15, 0.2) is 0 Å².